The maximum atomic E-state index is 13.3. The molecule has 0 saturated heterocycles. The first kappa shape index (κ1) is 21.3. The zero-order valence-corrected chi connectivity index (χ0v) is 18.4. The zero-order valence-electron chi connectivity index (χ0n) is 17.6. The fraction of sp³-hybridized carbons (Fsp3) is 0.0400. The molecule has 0 aliphatic carbocycles. The van der Waals surface area contributed by atoms with E-state index < -0.39 is 0 Å². The number of benzene rings is 3. The second kappa shape index (κ2) is 9.13. The van der Waals surface area contributed by atoms with Crippen LogP contribution in [0.15, 0.2) is 82.2 Å². The molecule has 1 amide bonds. The van der Waals surface area contributed by atoms with Crippen LogP contribution in [0.3, 0.4) is 0 Å². The zero-order chi connectivity index (χ0) is 23.5. The SMILES string of the molecule is N#Cc1ccc(C=Nn2c(-c3ccc4c(c3)NC(=O)CO4)csc2=Nc2ccc(F)cc2)cc1. The molecule has 3 aromatic carbocycles. The van der Waals surface area contributed by atoms with Crippen LogP contribution >= 0.6 is 11.3 Å². The van der Waals surface area contributed by atoms with E-state index in [0.717, 1.165) is 16.8 Å². The molecule has 5 rings (SSSR count). The molecule has 4 aromatic rings. The highest BCUT2D eigenvalue weighted by molar-refractivity contribution is 7.07. The molecule has 0 spiro atoms. The van der Waals surface area contributed by atoms with E-state index in [2.05, 4.69) is 21.5 Å². The van der Waals surface area contributed by atoms with Gasteiger partial charge in [-0.3, -0.25) is 4.79 Å². The van der Waals surface area contributed by atoms with Gasteiger partial charge in [0.05, 0.1) is 34.9 Å². The average molecular weight is 470 g/mol. The summed E-state index contributed by atoms with van der Waals surface area (Å²) in [5.41, 5.74) is 4.09. The Kier molecular flexibility index (Phi) is 5.72. The van der Waals surface area contributed by atoms with Gasteiger partial charge in [-0.05, 0) is 60.2 Å². The minimum absolute atomic E-state index is 0.0135. The van der Waals surface area contributed by atoms with Crippen LogP contribution in [0.2, 0.25) is 0 Å². The summed E-state index contributed by atoms with van der Waals surface area (Å²) in [6.07, 6.45) is 1.67. The largest absolute Gasteiger partial charge is 0.482 e. The van der Waals surface area contributed by atoms with Crippen molar-refractivity contribution in [2.24, 2.45) is 10.1 Å². The Hall–Kier alpha value is -4.55. The molecule has 1 N–H and O–H groups in total. The fourth-order valence-corrected chi connectivity index (χ4v) is 4.18. The third kappa shape index (κ3) is 4.48. The number of nitriles is 1. The summed E-state index contributed by atoms with van der Waals surface area (Å²) in [6.45, 7) is -0.0135. The number of carbonyl (C=O) groups is 1. The van der Waals surface area contributed by atoms with Gasteiger partial charge in [-0.2, -0.15) is 10.4 Å². The van der Waals surface area contributed by atoms with Crippen molar-refractivity contribution in [3.8, 4) is 23.1 Å². The molecule has 9 heteroatoms. The van der Waals surface area contributed by atoms with Crippen LogP contribution in [-0.4, -0.2) is 23.4 Å². The lowest BCUT2D eigenvalue weighted by Gasteiger charge is -2.18. The van der Waals surface area contributed by atoms with Crippen molar-refractivity contribution < 1.29 is 13.9 Å². The molecule has 0 unspecified atom stereocenters. The standard InChI is InChI=1S/C25H16FN5O2S/c26-19-6-8-20(9-7-19)29-25-31(28-13-17-3-1-16(12-27)2-4-17)22(15-34-25)18-5-10-23-21(11-18)30-24(32)14-33-23/h1-11,13,15H,14H2,(H,30,32). The van der Waals surface area contributed by atoms with Crippen molar-refractivity contribution in [1.29, 1.82) is 5.26 Å². The van der Waals surface area contributed by atoms with Gasteiger partial charge in [0.25, 0.3) is 5.91 Å². The number of halogens is 1. The van der Waals surface area contributed by atoms with Crippen molar-refractivity contribution in [2.45, 2.75) is 0 Å². The van der Waals surface area contributed by atoms with E-state index in [9.17, 15) is 9.18 Å². The molecule has 2 heterocycles. The molecule has 1 aromatic heterocycles. The first-order valence-corrected chi connectivity index (χ1v) is 11.1. The lowest BCUT2D eigenvalue weighted by atomic mass is 10.1. The van der Waals surface area contributed by atoms with Crippen LogP contribution in [0.5, 0.6) is 5.75 Å². The molecule has 0 atom stereocenters. The van der Waals surface area contributed by atoms with Crippen LogP contribution in [0.25, 0.3) is 11.3 Å². The predicted octanol–water partition coefficient (Wildman–Crippen LogP) is 4.67. The number of amides is 1. The molecule has 34 heavy (non-hydrogen) atoms. The lowest BCUT2D eigenvalue weighted by Crippen LogP contribution is -2.25. The molecule has 7 nitrogen and oxygen atoms in total. The molecule has 0 fully saturated rings. The average Bonchev–Trinajstić information content (AvgIpc) is 3.26. The Balaban J connectivity index is 1.60. The highest BCUT2D eigenvalue weighted by Crippen LogP contribution is 2.33. The van der Waals surface area contributed by atoms with Crippen molar-refractivity contribution in [1.82, 2.24) is 4.68 Å². The first-order chi connectivity index (χ1) is 16.6. The summed E-state index contributed by atoms with van der Waals surface area (Å²) in [4.78, 5) is 17.0. The van der Waals surface area contributed by atoms with E-state index in [0.29, 0.717) is 27.5 Å². The first-order valence-electron chi connectivity index (χ1n) is 10.2. The summed E-state index contributed by atoms with van der Waals surface area (Å²) in [5, 5.41) is 18.4. The fourth-order valence-electron chi connectivity index (χ4n) is 3.32. The number of fused-ring (bicyclic) bond motifs is 1. The van der Waals surface area contributed by atoms with E-state index >= 15 is 0 Å². The molecule has 0 radical (unpaired) electrons. The number of anilines is 1. The highest BCUT2D eigenvalue weighted by atomic mass is 32.1. The van der Waals surface area contributed by atoms with Gasteiger partial charge in [0.15, 0.2) is 6.61 Å². The number of ether oxygens (including phenoxy) is 1. The number of nitrogens with zero attached hydrogens (tertiary/aromatic N) is 4. The highest BCUT2D eigenvalue weighted by Gasteiger charge is 2.18. The minimum Gasteiger partial charge on any atom is -0.482 e. The van der Waals surface area contributed by atoms with Crippen LogP contribution in [0.4, 0.5) is 15.8 Å². The monoisotopic (exact) mass is 469 g/mol. The van der Waals surface area contributed by atoms with Gasteiger partial charge >= 0.3 is 0 Å². The second-order valence-corrected chi connectivity index (χ2v) is 8.17. The molecule has 1 aliphatic heterocycles. The van der Waals surface area contributed by atoms with Gasteiger partial charge in [0, 0.05) is 10.9 Å². The van der Waals surface area contributed by atoms with E-state index in [-0.39, 0.29) is 18.3 Å². The van der Waals surface area contributed by atoms with Gasteiger partial charge in [-0.1, -0.05) is 12.1 Å². The van der Waals surface area contributed by atoms with E-state index in [4.69, 9.17) is 10.00 Å². The topological polar surface area (TPSA) is 91.8 Å². The lowest BCUT2D eigenvalue weighted by molar-refractivity contribution is -0.118. The smallest absolute Gasteiger partial charge is 0.262 e. The third-order valence-electron chi connectivity index (χ3n) is 5.01. The Labute approximate surface area is 197 Å². The Bertz CT molecular complexity index is 1510. The summed E-state index contributed by atoms with van der Waals surface area (Å²) < 4.78 is 20.5. The van der Waals surface area contributed by atoms with Gasteiger partial charge in [0.2, 0.25) is 4.80 Å². The van der Waals surface area contributed by atoms with Crippen LogP contribution in [0, 0.1) is 17.1 Å². The minimum atomic E-state index is -0.337. The number of thiazole rings is 1. The molecular formula is C25H16FN5O2S. The number of hydrogen-bond donors (Lipinski definition) is 1. The summed E-state index contributed by atoms with van der Waals surface area (Å²) in [7, 11) is 0. The number of rotatable bonds is 4. The van der Waals surface area contributed by atoms with Crippen molar-refractivity contribution >= 4 is 34.8 Å². The Morgan fingerprint density at radius 3 is 2.68 bits per heavy atom. The van der Waals surface area contributed by atoms with E-state index in [1.54, 1.807) is 53.4 Å². The van der Waals surface area contributed by atoms with Crippen molar-refractivity contribution in [3.05, 3.63) is 93.9 Å². The molecule has 0 saturated carbocycles. The van der Waals surface area contributed by atoms with Crippen LogP contribution < -0.4 is 14.9 Å². The van der Waals surface area contributed by atoms with Crippen LogP contribution in [0.1, 0.15) is 11.1 Å². The van der Waals surface area contributed by atoms with Gasteiger partial charge in [-0.15, -0.1) is 11.3 Å². The molecule has 1 aliphatic rings. The number of hydrogen-bond acceptors (Lipinski definition) is 6. The number of nitrogens with one attached hydrogen (secondary N) is 1. The van der Waals surface area contributed by atoms with Gasteiger partial charge in [-0.25, -0.2) is 14.1 Å². The molecular weight excluding hydrogens is 453 g/mol. The summed E-state index contributed by atoms with van der Waals surface area (Å²) in [5.74, 6) is 0.0481. The predicted molar refractivity (Wildman–Crippen MR) is 128 cm³/mol. The molecule has 166 valence electrons. The maximum absolute atomic E-state index is 13.3. The summed E-state index contributed by atoms with van der Waals surface area (Å²) >= 11 is 1.38. The Morgan fingerprint density at radius 1 is 1.12 bits per heavy atom. The normalized spacial score (nSPS) is 13.3. The quantitative estimate of drug-likeness (QED) is 0.440. The summed E-state index contributed by atoms with van der Waals surface area (Å²) in [6, 6.07) is 20.5. The van der Waals surface area contributed by atoms with Crippen molar-refractivity contribution in [2.75, 3.05) is 11.9 Å². The van der Waals surface area contributed by atoms with Crippen molar-refractivity contribution in [3.63, 3.8) is 0 Å². The van der Waals surface area contributed by atoms with E-state index in [1.807, 2.05) is 17.5 Å². The van der Waals surface area contributed by atoms with E-state index in [1.165, 1.54) is 23.5 Å². The second-order valence-electron chi connectivity index (χ2n) is 7.33. The van der Waals surface area contributed by atoms with Gasteiger partial charge in [0.1, 0.15) is 11.6 Å². The third-order valence-corrected chi connectivity index (χ3v) is 5.82. The number of aromatic nitrogens is 1. The molecule has 0 bridgehead atoms. The number of carbonyl (C=O) groups excluding carboxylic acids is 1. The van der Waals surface area contributed by atoms with Crippen LogP contribution in [-0.2, 0) is 4.79 Å². The maximum Gasteiger partial charge on any atom is 0.262 e. The Morgan fingerprint density at radius 2 is 1.91 bits per heavy atom. The van der Waals surface area contributed by atoms with Gasteiger partial charge < -0.3 is 10.1 Å².